The third kappa shape index (κ3) is 5.94. The van der Waals surface area contributed by atoms with Crippen molar-refractivity contribution in [1.29, 1.82) is 0 Å². The summed E-state index contributed by atoms with van der Waals surface area (Å²) in [5.41, 5.74) is -0.541. The second-order valence-electron chi connectivity index (χ2n) is 9.81. The molecule has 1 saturated carbocycles. The lowest BCUT2D eigenvalue weighted by Crippen LogP contribution is -2.69. The van der Waals surface area contributed by atoms with Gasteiger partial charge in [0.25, 0.3) is 0 Å². The van der Waals surface area contributed by atoms with Crippen molar-refractivity contribution in [1.82, 2.24) is 0 Å². The number of ether oxygens (including phenoxy) is 2. The Hall–Kier alpha value is -1.84. The van der Waals surface area contributed by atoms with Crippen LogP contribution in [0.15, 0.2) is 24.3 Å². The van der Waals surface area contributed by atoms with E-state index in [0.717, 1.165) is 12.8 Å². The summed E-state index contributed by atoms with van der Waals surface area (Å²) in [4.78, 5) is 12.2. The van der Waals surface area contributed by atoms with Crippen LogP contribution < -0.4 is 4.74 Å². The van der Waals surface area contributed by atoms with E-state index in [2.05, 4.69) is 4.18 Å². The van der Waals surface area contributed by atoms with E-state index in [1.807, 2.05) is 6.07 Å². The fourth-order valence-corrected chi connectivity index (χ4v) is 5.50. The molecule has 0 spiro atoms. The van der Waals surface area contributed by atoms with Gasteiger partial charge in [0.05, 0.1) is 33.4 Å². The normalized spacial score (nSPS) is 34.3. The Kier molecular flexibility index (Phi) is 8.13. The molecule has 1 aliphatic carbocycles. The average Bonchev–Trinajstić information content (AvgIpc) is 2.77. The van der Waals surface area contributed by atoms with E-state index in [9.17, 15) is 33.6 Å². The van der Waals surface area contributed by atoms with Gasteiger partial charge in [-0.05, 0) is 30.5 Å². The van der Waals surface area contributed by atoms with Crippen LogP contribution in [0.4, 0.5) is 0 Å². The standard InChI is InChI=1S/C22H33NO11S/c1-23(2,20-18(26)16(24)17(25)19(33-20)21(27)34-35(29,30)31)12-14-7-4-5-10-22(14,28)13-8-6-9-15(11-13)32-3/h6,8-9,11,14,16-20,24-26,28H,4-5,7,10,12H2,1-3H3/p+1. The summed E-state index contributed by atoms with van der Waals surface area (Å²) >= 11 is 0. The topological polar surface area (TPSA) is 180 Å². The van der Waals surface area contributed by atoms with Crippen molar-refractivity contribution in [2.75, 3.05) is 27.7 Å². The van der Waals surface area contributed by atoms with Crippen LogP contribution in [0.1, 0.15) is 31.2 Å². The number of hydrogen-bond acceptors (Lipinski definition) is 10. The van der Waals surface area contributed by atoms with E-state index >= 15 is 0 Å². The number of likely N-dealkylation sites (N-methyl/N-ethyl adjacent to an activating group) is 1. The third-order valence-corrected chi connectivity index (χ3v) is 7.37. The minimum Gasteiger partial charge on any atom is -0.497 e. The monoisotopic (exact) mass is 520 g/mol. The van der Waals surface area contributed by atoms with Gasteiger partial charge in [-0.15, -0.1) is 0 Å². The van der Waals surface area contributed by atoms with E-state index in [4.69, 9.17) is 14.0 Å². The van der Waals surface area contributed by atoms with Gasteiger partial charge in [0, 0.05) is 5.92 Å². The number of rotatable bonds is 7. The van der Waals surface area contributed by atoms with Gasteiger partial charge in [0.2, 0.25) is 6.23 Å². The highest BCUT2D eigenvalue weighted by molar-refractivity contribution is 7.81. The Morgan fingerprint density at radius 3 is 2.49 bits per heavy atom. The maximum Gasteiger partial charge on any atom is 0.449 e. The summed E-state index contributed by atoms with van der Waals surface area (Å²) in [5.74, 6) is -1.36. The van der Waals surface area contributed by atoms with Gasteiger partial charge in [-0.1, -0.05) is 25.0 Å². The lowest BCUT2D eigenvalue weighted by Gasteiger charge is -2.50. The molecule has 0 bridgehead atoms. The predicted molar refractivity (Wildman–Crippen MR) is 120 cm³/mol. The first-order valence-electron chi connectivity index (χ1n) is 11.3. The molecule has 7 atom stereocenters. The highest BCUT2D eigenvalue weighted by Crippen LogP contribution is 2.44. The van der Waals surface area contributed by atoms with Crippen LogP contribution in [-0.4, -0.2) is 102 Å². The Labute approximate surface area is 204 Å². The van der Waals surface area contributed by atoms with Crippen molar-refractivity contribution in [3.63, 3.8) is 0 Å². The summed E-state index contributed by atoms with van der Waals surface area (Å²) in [7, 11) is -0.340. The predicted octanol–water partition coefficient (Wildman–Crippen LogP) is -0.697. The molecule has 12 nitrogen and oxygen atoms in total. The lowest BCUT2D eigenvalue weighted by atomic mass is 9.71. The van der Waals surface area contributed by atoms with Crippen LogP contribution in [0.2, 0.25) is 0 Å². The molecule has 2 aliphatic rings. The lowest BCUT2D eigenvalue weighted by molar-refractivity contribution is -0.948. The number of aliphatic hydroxyl groups is 4. The molecule has 198 valence electrons. The number of methoxy groups -OCH3 is 1. The Bertz CT molecular complexity index is 1020. The molecule has 1 aliphatic heterocycles. The van der Waals surface area contributed by atoms with Crippen molar-refractivity contribution in [3.8, 4) is 5.75 Å². The summed E-state index contributed by atoms with van der Waals surface area (Å²) in [6, 6.07) is 7.14. The minimum atomic E-state index is -5.19. The van der Waals surface area contributed by atoms with Gasteiger partial charge in [-0.25, -0.2) is 4.79 Å². The molecule has 35 heavy (non-hydrogen) atoms. The maximum absolute atomic E-state index is 12.2. The summed E-state index contributed by atoms with van der Waals surface area (Å²) < 4.78 is 45.3. The Balaban J connectivity index is 1.88. The molecule has 1 aromatic carbocycles. The first kappa shape index (κ1) is 27.7. The van der Waals surface area contributed by atoms with Crippen molar-refractivity contribution >= 4 is 16.4 Å². The summed E-state index contributed by atoms with van der Waals surface area (Å²) in [5, 5.41) is 43.0. The van der Waals surface area contributed by atoms with Crippen molar-refractivity contribution < 1.29 is 56.3 Å². The Morgan fingerprint density at radius 1 is 1.17 bits per heavy atom. The molecule has 0 aromatic heterocycles. The number of aliphatic hydroxyl groups excluding tert-OH is 3. The highest BCUT2D eigenvalue weighted by atomic mass is 32.3. The number of nitrogens with zero attached hydrogens (tertiary/aromatic N) is 1. The van der Waals surface area contributed by atoms with E-state index in [1.54, 1.807) is 32.3 Å². The van der Waals surface area contributed by atoms with Crippen LogP contribution in [0.5, 0.6) is 5.75 Å². The fourth-order valence-electron chi connectivity index (χ4n) is 5.20. The van der Waals surface area contributed by atoms with E-state index in [1.165, 1.54) is 7.11 Å². The van der Waals surface area contributed by atoms with E-state index in [-0.39, 0.29) is 16.9 Å². The van der Waals surface area contributed by atoms with Gasteiger partial charge in [0.1, 0.15) is 18.0 Å². The molecular formula is C22H34NO11S+. The molecule has 2 fully saturated rings. The number of benzene rings is 1. The second-order valence-corrected chi connectivity index (χ2v) is 10.8. The zero-order chi connectivity index (χ0) is 26.2. The molecule has 5 N–H and O–H groups in total. The van der Waals surface area contributed by atoms with Gasteiger partial charge in [-0.3, -0.25) is 4.55 Å². The molecule has 7 unspecified atom stereocenters. The maximum atomic E-state index is 12.2. The molecule has 1 heterocycles. The van der Waals surface area contributed by atoms with Crippen molar-refractivity contribution in [2.45, 2.75) is 61.9 Å². The van der Waals surface area contributed by atoms with Crippen LogP contribution >= 0.6 is 0 Å². The highest BCUT2D eigenvalue weighted by Gasteiger charge is 2.55. The number of carbonyl (C=O) groups excluding carboxylic acids is 1. The number of carbonyl (C=O) groups is 1. The zero-order valence-corrected chi connectivity index (χ0v) is 20.7. The molecule has 3 rings (SSSR count). The minimum absolute atomic E-state index is 0.155. The SMILES string of the molecule is COc1cccc(C2(O)CCCCC2C[N+](C)(C)C2OC(C(=O)OS(=O)(=O)O)C(O)C(O)C2O)c1. The van der Waals surface area contributed by atoms with Crippen LogP contribution in [-0.2, 0) is 29.7 Å². The molecule has 1 saturated heterocycles. The average molecular weight is 521 g/mol. The molecule has 1 aromatic rings. The Morgan fingerprint density at radius 2 is 1.86 bits per heavy atom. The number of quaternary nitrogens is 1. The van der Waals surface area contributed by atoms with Gasteiger partial charge in [-0.2, -0.15) is 8.42 Å². The van der Waals surface area contributed by atoms with Crippen molar-refractivity contribution in [3.05, 3.63) is 29.8 Å². The van der Waals surface area contributed by atoms with E-state index in [0.29, 0.717) is 24.2 Å². The number of hydrogen-bond donors (Lipinski definition) is 5. The molecular weight excluding hydrogens is 486 g/mol. The first-order valence-corrected chi connectivity index (χ1v) is 12.7. The van der Waals surface area contributed by atoms with Crippen LogP contribution in [0, 0.1) is 5.92 Å². The van der Waals surface area contributed by atoms with Crippen LogP contribution in [0.25, 0.3) is 0 Å². The quantitative estimate of drug-likeness (QED) is 0.227. The summed E-state index contributed by atoms with van der Waals surface area (Å²) in [6.07, 6.45) is -6.01. The van der Waals surface area contributed by atoms with Crippen LogP contribution in [0.3, 0.4) is 0 Å². The van der Waals surface area contributed by atoms with E-state index < -0.39 is 52.6 Å². The van der Waals surface area contributed by atoms with Crippen molar-refractivity contribution in [2.24, 2.45) is 5.92 Å². The van der Waals surface area contributed by atoms with Gasteiger partial charge >= 0.3 is 16.4 Å². The smallest absolute Gasteiger partial charge is 0.449 e. The molecule has 0 radical (unpaired) electrons. The largest absolute Gasteiger partial charge is 0.497 e. The fraction of sp³-hybridized carbons (Fsp3) is 0.682. The second kappa shape index (κ2) is 10.3. The first-order chi connectivity index (χ1) is 16.2. The van der Waals surface area contributed by atoms with Gasteiger partial charge in [0.15, 0.2) is 12.2 Å². The molecule has 0 amide bonds. The van der Waals surface area contributed by atoms with Gasteiger partial charge < -0.3 is 38.6 Å². The zero-order valence-electron chi connectivity index (χ0n) is 19.9. The molecule has 13 heteroatoms. The third-order valence-electron chi connectivity index (χ3n) is 6.99. The summed E-state index contributed by atoms with van der Waals surface area (Å²) in [6.45, 7) is 0.234.